The second-order valence-corrected chi connectivity index (χ2v) is 4.39. The first-order valence-electron chi connectivity index (χ1n) is 6.18. The summed E-state index contributed by atoms with van der Waals surface area (Å²) in [6.45, 7) is 3.82. The van der Waals surface area contributed by atoms with Gasteiger partial charge in [-0.15, -0.1) is 5.10 Å². The Morgan fingerprint density at radius 2 is 2.25 bits per heavy atom. The van der Waals surface area contributed by atoms with Crippen LogP contribution in [0.4, 0.5) is 5.69 Å². The molecule has 0 unspecified atom stereocenters. The van der Waals surface area contributed by atoms with E-state index in [1.54, 1.807) is 6.07 Å². The van der Waals surface area contributed by atoms with Gasteiger partial charge in [-0.05, 0) is 18.9 Å². The molecule has 102 valence electrons. The quantitative estimate of drug-likeness (QED) is 0.627. The number of hydrogen-bond donors (Lipinski definition) is 0. The molecule has 1 heterocycles. The van der Waals surface area contributed by atoms with Crippen LogP contribution in [-0.4, -0.2) is 19.9 Å². The second-order valence-electron chi connectivity index (χ2n) is 4.39. The molecule has 0 aliphatic carbocycles. The predicted molar refractivity (Wildman–Crippen MR) is 71.5 cm³/mol. The van der Waals surface area contributed by atoms with Gasteiger partial charge in [-0.25, -0.2) is 4.68 Å². The van der Waals surface area contributed by atoms with Crippen molar-refractivity contribution >= 4 is 5.69 Å². The van der Waals surface area contributed by atoms with Crippen LogP contribution in [0.2, 0.25) is 0 Å². The third-order valence-electron chi connectivity index (χ3n) is 2.99. The van der Waals surface area contributed by atoms with Gasteiger partial charge < -0.3 is 0 Å². The first-order chi connectivity index (χ1) is 9.58. The van der Waals surface area contributed by atoms with Crippen molar-refractivity contribution in [2.24, 2.45) is 0 Å². The Hall–Kier alpha value is -2.75. The molecule has 1 aromatic carbocycles. The predicted octanol–water partition coefficient (Wildman–Crippen LogP) is 2.31. The van der Waals surface area contributed by atoms with Gasteiger partial charge in [-0.1, -0.05) is 24.6 Å². The summed E-state index contributed by atoms with van der Waals surface area (Å²) < 4.78 is 1.52. The lowest BCUT2D eigenvalue weighted by molar-refractivity contribution is -0.384. The zero-order valence-electron chi connectivity index (χ0n) is 11.2. The van der Waals surface area contributed by atoms with Crippen molar-refractivity contribution in [1.82, 2.24) is 15.0 Å². The molecule has 0 N–H and O–H groups in total. The number of nitro benzene ring substituents is 1. The minimum Gasteiger partial charge on any atom is -0.258 e. The van der Waals surface area contributed by atoms with Crippen molar-refractivity contribution < 1.29 is 4.92 Å². The lowest BCUT2D eigenvalue weighted by Gasteiger charge is -2.08. The second kappa shape index (κ2) is 5.48. The lowest BCUT2D eigenvalue weighted by atomic mass is 10.1. The van der Waals surface area contributed by atoms with E-state index in [-0.39, 0.29) is 11.4 Å². The monoisotopic (exact) mass is 271 g/mol. The Balaban J connectivity index is 2.62. The molecule has 0 bridgehead atoms. The van der Waals surface area contributed by atoms with Crippen LogP contribution < -0.4 is 0 Å². The molecule has 0 aliphatic rings. The van der Waals surface area contributed by atoms with E-state index >= 15 is 0 Å². The summed E-state index contributed by atoms with van der Waals surface area (Å²) in [4.78, 5) is 10.4. The molecule has 0 spiro atoms. The molecule has 7 heteroatoms. The number of aryl methyl sites for hydroxylation is 1. The molecule has 2 aromatic rings. The molecule has 0 saturated heterocycles. The van der Waals surface area contributed by atoms with Crippen molar-refractivity contribution in [2.45, 2.75) is 26.7 Å². The fraction of sp³-hybridized carbons (Fsp3) is 0.308. The SMILES string of the molecule is CCCc1c(C#N)nnn1-c1cc([N+](=O)[O-])ccc1C. The number of aromatic nitrogens is 3. The first-order valence-corrected chi connectivity index (χ1v) is 6.18. The van der Waals surface area contributed by atoms with E-state index in [9.17, 15) is 10.1 Å². The largest absolute Gasteiger partial charge is 0.271 e. The normalized spacial score (nSPS) is 10.2. The molecule has 0 aliphatic heterocycles. The van der Waals surface area contributed by atoms with Gasteiger partial charge in [-0.3, -0.25) is 10.1 Å². The standard InChI is InChI=1S/C13H13N5O2/c1-3-4-12-11(8-14)15-16-17(12)13-7-10(18(19)20)6-5-9(13)2/h5-7H,3-4H2,1-2H3. The van der Waals surface area contributed by atoms with E-state index in [0.29, 0.717) is 17.8 Å². The maximum atomic E-state index is 10.9. The molecule has 20 heavy (non-hydrogen) atoms. The average molecular weight is 271 g/mol. The van der Waals surface area contributed by atoms with Crippen LogP contribution in [0.3, 0.4) is 0 Å². The van der Waals surface area contributed by atoms with Crippen LogP contribution in [0, 0.1) is 28.4 Å². The van der Waals surface area contributed by atoms with Crippen LogP contribution in [0.15, 0.2) is 18.2 Å². The number of benzene rings is 1. The Morgan fingerprint density at radius 3 is 2.85 bits per heavy atom. The van der Waals surface area contributed by atoms with Crippen LogP contribution in [0.5, 0.6) is 0 Å². The summed E-state index contributed by atoms with van der Waals surface area (Å²) in [6.07, 6.45) is 1.47. The van der Waals surface area contributed by atoms with Gasteiger partial charge in [0.15, 0.2) is 5.69 Å². The molecule has 0 radical (unpaired) electrons. The summed E-state index contributed by atoms with van der Waals surface area (Å²) in [5.41, 5.74) is 2.34. The van der Waals surface area contributed by atoms with E-state index in [0.717, 1.165) is 12.0 Å². The van der Waals surface area contributed by atoms with Crippen molar-refractivity contribution in [3.63, 3.8) is 0 Å². The Bertz CT molecular complexity index is 699. The molecule has 7 nitrogen and oxygen atoms in total. The minimum absolute atomic E-state index is 0.0120. The van der Waals surface area contributed by atoms with Gasteiger partial charge in [0, 0.05) is 12.1 Å². The Morgan fingerprint density at radius 1 is 1.50 bits per heavy atom. The van der Waals surface area contributed by atoms with Crippen LogP contribution >= 0.6 is 0 Å². The van der Waals surface area contributed by atoms with Gasteiger partial charge in [-0.2, -0.15) is 5.26 Å². The van der Waals surface area contributed by atoms with E-state index in [1.807, 2.05) is 19.9 Å². The number of non-ortho nitro benzene ring substituents is 1. The Labute approximate surface area is 115 Å². The molecule has 2 rings (SSSR count). The number of nitriles is 1. The summed E-state index contributed by atoms with van der Waals surface area (Å²) in [5.74, 6) is 0. The highest BCUT2D eigenvalue weighted by atomic mass is 16.6. The maximum absolute atomic E-state index is 10.9. The summed E-state index contributed by atoms with van der Waals surface area (Å²) in [5, 5.41) is 27.7. The topological polar surface area (TPSA) is 97.6 Å². The highest BCUT2D eigenvalue weighted by molar-refractivity contribution is 5.49. The van der Waals surface area contributed by atoms with Gasteiger partial charge in [0.05, 0.1) is 16.3 Å². The molecule has 0 atom stereocenters. The molecular weight excluding hydrogens is 258 g/mol. The van der Waals surface area contributed by atoms with E-state index in [4.69, 9.17) is 5.26 Å². The van der Waals surface area contributed by atoms with Crippen molar-refractivity contribution in [3.05, 3.63) is 45.3 Å². The zero-order chi connectivity index (χ0) is 14.7. The van der Waals surface area contributed by atoms with E-state index in [2.05, 4.69) is 10.3 Å². The van der Waals surface area contributed by atoms with E-state index in [1.165, 1.54) is 16.8 Å². The fourth-order valence-electron chi connectivity index (χ4n) is 1.98. The van der Waals surface area contributed by atoms with E-state index < -0.39 is 4.92 Å². The summed E-state index contributed by atoms with van der Waals surface area (Å²) in [7, 11) is 0. The Kier molecular flexibility index (Phi) is 3.75. The smallest absolute Gasteiger partial charge is 0.258 e. The highest BCUT2D eigenvalue weighted by Crippen LogP contribution is 2.23. The molecule has 0 saturated carbocycles. The summed E-state index contributed by atoms with van der Waals surface area (Å²) in [6, 6.07) is 6.56. The molecule has 0 fully saturated rings. The molecular formula is C13H13N5O2. The van der Waals surface area contributed by atoms with Gasteiger partial charge in [0.2, 0.25) is 0 Å². The van der Waals surface area contributed by atoms with Crippen molar-refractivity contribution in [3.8, 4) is 11.8 Å². The molecule has 1 aromatic heterocycles. The number of nitro groups is 1. The van der Waals surface area contributed by atoms with Crippen LogP contribution in [0.1, 0.15) is 30.3 Å². The fourth-order valence-corrected chi connectivity index (χ4v) is 1.98. The minimum atomic E-state index is -0.454. The highest BCUT2D eigenvalue weighted by Gasteiger charge is 2.17. The van der Waals surface area contributed by atoms with Gasteiger partial charge in [0.1, 0.15) is 6.07 Å². The van der Waals surface area contributed by atoms with Crippen molar-refractivity contribution in [1.29, 1.82) is 5.26 Å². The average Bonchev–Trinajstić information content (AvgIpc) is 2.82. The first kappa shape index (κ1) is 13.7. The summed E-state index contributed by atoms with van der Waals surface area (Å²) >= 11 is 0. The number of hydrogen-bond acceptors (Lipinski definition) is 5. The lowest BCUT2D eigenvalue weighted by Crippen LogP contribution is -2.05. The van der Waals surface area contributed by atoms with Crippen molar-refractivity contribution in [2.75, 3.05) is 0 Å². The third-order valence-corrected chi connectivity index (χ3v) is 2.99. The number of rotatable bonds is 4. The van der Waals surface area contributed by atoms with Crippen LogP contribution in [-0.2, 0) is 6.42 Å². The van der Waals surface area contributed by atoms with Crippen LogP contribution in [0.25, 0.3) is 5.69 Å². The third kappa shape index (κ3) is 2.36. The van der Waals surface area contributed by atoms with Gasteiger partial charge >= 0.3 is 0 Å². The van der Waals surface area contributed by atoms with Gasteiger partial charge in [0.25, 0.3) is 5.69 Å². The maximum Gasteiger partial charge on any atom is 0.271 e. The number of nitrogens with zero attached hydrogens (tertiary/aromatic N) is 5. The molecule has 0 amide bonds. The zero-order valence-corrected chi connectivity index (χ0v) is 11.2.